The highest BCUT2D eigenvalue weighted by Gasteiger charge is 2.36. The number of amides is 1. The van der Waals surface area contributed by atoms with Gasteiger partial charge in [-0.15, -0.1) is 0 Å². The molecule has 5 nitrogen and oxygen atoms in total. The molecule has 1 amide bonds. The van der Waals surface area contributed by atoms with E-state index in [2.05, 4.69) is 4.72 Å². The summed E-state index contributed by atoms with van der Waals surface area (Å²) in [6.45, 7) is 0.579. The normalized spacial score (nSPS) is 16.5. The molecular weight excluding hydrogens is 362 g/mol. The summed E-state index contributed by atoms with van der Waals surface area (Å²) in [6.07, 6.45) is 2.50. The van der Waals surface area contributed by atoms with Crippen molar-refractivity contribution in [1.82, 2.24) is 0 Å². The minimum atomic E-state index is -4.15. The molecule has 1 N–H and O–H groups in total. The number of hydrogen-bond donors (Lipinski definition) is 1. The first kappa shape index (κ1) is 17.0. The van der Waals surface area contributed by atoms with Gasteiger partial charge in [0.15, 0.2) is 0 Å². The molecule has 4 rings (SSSR count). The largest absolute Gasteiger partial charge is 0.312 e. The molecular formula is C18H16F2N2O3S. The first-order chi connectivity index (χ1) is 12.3. The zero-order chi connectivity index (χ0) is 18.5. The van der Waals surface area contributed by atoms with Gasteiger partial charge in [-0.05, 0) is 49.1 Å². The van der Waals surface area contributed by atoms with Crippen LogP contribution < -0.4 is 9.62 Å². The summed E-state index contributed by atoms with van der Waals surface area (Å²) >= 11 is 0. The van der Waals surface area contributed by atoms with E-state index in [0.29, 0.717) is 18.3 Å². The van der Waals surface area contributed by atoms with Gasteiger partial charge in [0.2, 0.25) is 5.91 Å². The van der Waals surface area contributed by atoms with Crippen molar-refractivity contribution in [3.05, 3.63) is 53.6 Å². The van der Waals surface area contributed by atoms with Gasteiger partial charge in [0.1, 0.15) is 11.6 Å². The lowest BCUT2D eigenvalue weighted by atomic mass is 10.1. The van der Waals surface area contributed by atoms with Gasteiger partial charge in [0.05, 0.1) is 10.6 Å². The molecule has 0 bridgehead atoms. The number of halogens is 2. The molecule has 1 heterocycles. The molecule has 0 radical (unpaired) electrons. The second-order valence-electron chi connectivity index (χ2n) is 6.57. The van der Waals surface area contributed by atoms with Gasteiger partial charge < -0.3 is 4.90 Å². The molecule has 2 aromatic carbocycles. The van der Waals surface area contributed by atoms with E-state index in [1.807, 2.05) is 0 Å². The summed E-state index contributed by atoms with van der Waals surface area (Å²) in [5, 5.41) is 0. The van der Waals surface area contributed by atoms with Crippen molar-refractivity contribution in [3.8, 4) is 0 Å². The number of anilines is 2. The highest BCUT2D eigenvalue weighted by Crippen LogP contribution is 2.37. The Bertz CT molecular complexity index is 983. The fraction of sp³-hybridized carbons (Fsp3) is 0.278. The smallest absolute Gasteiger partial charge is 0.262 e. The topological polar surface area (TPSA) is 66.5 Å². The SMILES string of the molecule is O=C(C1CC1)N1CCc2ccc(NS(=O)(=O)c3cc(F)cc(F)c3)cc21. The maximum absolute atomic E-state index is 13.3. The molecule has 26 heavy (non-hydrogen) atoms. The number of nitrogens with one attached hydrogen (secondary N) is 1. The third-order valence-electron chi connectivity index (χ3n) is 4.57. The van der Waals surface area contributed by atoms with Gasteiger partial charge in [-0.1, -0.05) is 6.07 Å². The zero-order valence-electron chi connectivity index (χ0n) is 13.7. The van der Waals surface area contributed by atoms with Crippen LogP contribution >= 0.6 is 0 Å². The number of carbonyl (C=O) groups is 1. The Hall–Kier alpha value is -2.48. The number of hydrogen-bond acceptors (Lipinski definition) is 3. The third kappa shape index (κ3) is 3.16. The van der Waals surface area contributed by atoms with Gasteiger partial charge in [0.25, 0.3) is 10.0 Å². The van der Waals surface area contributed by atoms with Crippen molar-refractivity contribution in [2.45, 2.75) is 24.2 Å². The number of fused-ring (bicyclic) bond motifs is 1. The van der Waals surface area contributed by atoms with Crippen LogP contribution in [0, 0.1) is 17.6 Å². The summed E-state index contributed by atoms with van der Waals surface area (Å²) in [5.41, 5.74) is 1.90. The molecule has 1 aliphatic carbocycles. The molecule has 1 aliphatic heterocycles. The average Bonchev–Trinajstić information content (AvgIpc) is 3.33. The number of rotatable bonds is 4. The van der Waals surface area contributed by atoms with Crippen LogP contribution in [-0.2, 0) is 21.2 Å². The standard InChI is InChI=1S/C18H16F2N2O3S/c19-13-7-14(20)9-16(8-13)26(24,25)21-15-4-3-11-5-6-22(17(11)10-15)18(23)12-1-2-12/h3-4,7-10,12,21H,1-2,5-6H2. The Labute approximate surface area is 149 Å². The van der Waals surface area contributed by atoms with E-state index in [9.17, 15) is 22.0 Å². The van der Waals surface area contributed by atoms with Gasteiger partial charge in [-0.2, -0.15) is 0 Å². The minimum absolute atomic E-state index is 0.0657. The van der Waals surface area contributed by atoms with Crippen molar-refractivity contribution < 1.29 is 22.0 Å². The second-order valence-corrected chi connectivity index (χ2v) is 8.25. The molecule has 2 aromatic rings. The van der Waals surface area contributed by atoms with E-state index in [4.69, 9.17) is 0 Å². The predicted molar refractivity (Wildman–Crippen MR) is 92.4 cm³/mol. The molecule has 2 aliphatic rings. The van der Waals surface area contributed by atoms with Crippen LogP contribution in [0.15, 0.2) is 41.3 Å². The number of sulfonamides is 1. The van der Waals surface area contributed by atoms with Crippen LogP contribution in [0.3, 0.4) is 0 Å². The molecule has 1 fully saturated rings. The Balaban J connectivity index is 1.63. The average molecular weight is 378 g/mol. The molecule has 136 valence electrons. The first-order valence-corrected chi connectivity index (χ1v) is 9.75. The summed E-state index contributed by atoms with van der Waals surface area (Å²) in [6, 6.07) is 7.05. The summed E-state index contributed by atoms with van der Waals surface area (Å²) in [4.78, 5) is 13.6. The molecule has 0 spiro atoms. The van der Waals surface area contributed by atoms with Gasteiger partial charge in [-0.3, -0.25) is 9.52 Å². The lowest BCUT2D eigenvalue weighted by molar-refractivity contribution is -0.119. The third-order valence-corrected chi connectivity index (χ3v) is 5.93. The van der Waals surface area contributed by atoms with Crippen LogP contribution in [0.5, 0.6) is 0 Å². The summed E-state index contributed by atoms with van der Waals surface area (Å²) < 4.78 is 53.8. The Kier molecular flexibility index (Phi) is 3.95. The van der Waals surface area contributed by atoms with E-state index >= 15 is 0 Å². The van der Waals surface area contributed by atoms with Crippen molar-refractivity contribution in [3.63, 3.8) is 0 Å². The molecule has 1 saturated carbocycles. The minimum Gasteiger partial charge on any atom is -0.312 e. The van der Waals surface area contributed by atoms with Crippen molar-refractivity contribution in [1.29, 1.82) is 0 Å². The lowest BCUT2D eigenvalue weighted by Gasteiger charge is -2.18. The Morgan fingerprint density at radius 1 is 1.08 bits per heavy atom. The van der Waals surface area contributed by atoms with Gasteiger partial charge >= 0.3 is 0 Å². The molecule has 0 aromatic heterocycles. The second kappa shape index (κ2) is 6.05. The highest BCUT2D eigenvalue weighted by molar-refractivity contribution is 7.92. The van der Waals surface area contributed by atoms with Crippen molar-refractivity contribution >= 4 is 27.3 Å². The highest BCUT2D eigenvalue weighted by atomic mass is 32.2. The monoisotopic (exact) mass is 378 g/mol. The Morgan fingerprint density at radius 2 is 1.77 bits per heavy atom. The molecule has 8 heteroatoms. The van der Waals surface area contributed by atoms with E-state index in [-0.39, 0.29) is 17.5 Å². The number of nitrogens with zero attached hydrogens (tertiary/aromatic N) is 1. The zero-order valence-corrected chi connectivity index (χ0v) is 14.5. The van der Waals surface area contributed by atoms with Crippen LogP contribution in [0.2, 0.25) is 0 Å². The van der Waals surface area contributed by atoms with Crippen LogP contribution in [0.1, 0.15) is 18.4 Å². The van der Waals surface area contributed by atoms with Crippen LogP contribution in [0.4, 0.5) is 20.2 Å². The first-order valence-electron chi connectivity index (χ1n) is 8.27. The van der Waals surface area contributed by atoms with E-state index < -0.39 is 26.6 Å². The van der Waals surface area contributed by atoms with E-state index in [1.54, 1.807) is 23.1 Å². The summed E-state index contributed by atoms with van der Waals surface area (Å²) in [5.74, 6) is -1.81. The van der Waals surface area contributed by atoms with E-state index in [1.165, 1.54) is 0 Å². The molecule has 0 saturated heterocycles. The maximum Gasteiger partial charge on any atom is 0.262 e. The molecule has 0 atom stereocenters. The molecule has 0 unspecified atom stereocenters. The van der Waals surface area contributed by atoms with Crippen LogP contribution in [0.25, 0.3) is 0 Å². The fourth-order valence-corrected chi connectivity index (χ4v) is 4.21. The lowest BCUT2D eigenvalue weighted by Crippen LogP contribution is -2.30. The fourth-order valence-electron chi connectivity index (χ4n) is 3.12. The predicted octanol–water partition coefficient (Wildman–Crippen LogP) is 3.06. The van der Waals surface area contributed by atoms with Gasteiger partial charge in [-0.25, -0.2) is 17.2 Å². The quantitative estimate of drug-likeness (QED) is 0.889. The Morgan fingerprint density at radius 3 is 2.42 bits per heavy atom. The van der Waals surface area contributed by atoms with Gasteiger partial charge in [0, 0.05) is 24.2 Å². The van der Waals surface area contributed by atoms with Crippen molar-refractivity contribution in [2.75, 3.05) is 16.2 Å². The van der Waals surface area contributed by atoms with Crippen molar-refractivity contribution in [2.24, 2.45) is 5.92 Å². The summed E-state index contributed by atoms with van der Waals surface area (Å²) in [7, 11) is -4.15. The number of benzene rings is 2. The maximum atomic E-state index is 13.3. The van der Waals surface area contributed by atoms with Crippen LogP contribution in [-0.4, -0.2) is 20.9 Å². The number of carbonyl (C=O) groups excluding carboxylic acids is 1. The van der Waals surface area contributed by atoms with E-state index in [0.717, 1.165) is 37.0 Å².